The molecule has 1 aromatic carbocycles. The second-order valence-electron chi connectivity index (χ2n) is 5.30. The number of hydrogen-bond donors (Lipinski definition) is 2. The highest BCUT2D eigenvalue weighted by Crippen LogP contribution is 2.30. The van der Waals surface area contributed by atoms with Crippen LogP contribution in [0.15, 0.2) is 30.3 Å². The third-order valence-electron chi connectivity index (χ3n) is 3.50. The van der Waals surface area contributed by atoms with Crippen molar-refractivity contribution >= 4 is 10.1 Å². The summed E-state index contributed by atoms with van der Waals surface area (Å²) in [7, 11) is -3.64. The molecule has 1 fully saturated rings. The molecule has 0 aliphatic heterocycles. The first kappa shape index (κ1) is 16.4. The third kappa shape index (κ3) is 4.76. The van der Waals surface area contributed by atoms with Crippen LogP contribution in [0.2, 0.25) is 0 Å². The molecule has 0 heterocycles. The minimum absolute atomic E-state index is 0.0770. The zero-order valence-electron chi connectivity index (χ0n) is 11.8. The Kier molecular flexibility index (Phi) is 5.34. The van der Waals surface area contributed by atoms with E-state index in [1.54, 1.807) is 0 Å². The first-order chi connectivity index (χ1) is 9.87. The molecule has 1 saturated carbocycles. The van der Waals surface area contributed by atoms with E-state index in [0.717, 1.165) is 11.8 Å². The van der Waals surface area contributed by atoms with E-state index in [0.29, 0.717) is 6.61 Å². The largest absolute Gasteiger partial charge is 0.390 e. The van der Waals surface area contributed by atoms with Gasteiger partial charge < -0.3 is 14.9 Å². The Balaban J connectivity index is 1.92. The molecule has 2 N–H and O–H groups in total. The van der Waals surface area contributed by atoms with Crippen LogP contribution >= 0.6 is 0 Å². The van der Waals surface area contributed by atoms with Gasteiger partial charge >= 0.3 is 0 Å². The molecular weight excluding hydrogens is 296 g/mol. The van der Waals surface area contributed by atoms with E-state index in [-0.39, 0.29) is 13.0 Å². The van der Waals surface area contributed by atoms with Gasteiger partial charge in [-0.15, -0.1) is 0 Å². The molecule has 1 aromatic rings. The minimum Gasteiger partial charge on any atom is -0.390 e. The Morgan fingerprint density at radius 2 is 1.90 bits per heavy atom. The van der Waals surface area contributed by atoms with Crippen molar-refractivity contribution in [2.24, 2.45) is 5.92 Å². The van der Waals surface area contributed by atoms with Gasteiger partial charge in [0.05, 0.1) is 37.8 Å². The maximum atomic E-state index is 11.2. The zero-order valence-corrected chi connectivity index (χ0v) is 12.6. The second kappa shape index (κ2) is 6.85. The molecule has 21 heavy (non-hydrogen) atoms. The van der Waals surface area contributed by atoms with Crippen molar-refractivity contribution in [3.63, 3.8) is 0 Å². The molecule has 0 radical (unpaired) electrons. The lowest BCUT2D eigenvalue weighted by Gasteiger charge is -2.21. The Morgan fingerprint density at radius 1 is 1.24 bits per heavy atom. The lowest BCUT2D eigenvalue weighted by Crippen LogP contribution is -2.33. The van der Waals surface area contributed by atoms with Crippen molar-refractivity contribution in [1.82, 2.24) is 0 Å². The van der Waals surface area contributed by atoms with E-state index in [9.17, 15) is 18.6 Å². The monoisotopic (exact) mass is 316 g/mol. The maximum Gasteiger partial charge on any atom is 0.264 e. The number of benzene rings is 1. The van der Waals surface area contributed by atoms with Crippen LogP contribution in [0.25, 0.3) is 0 Å². The molecule has 0 aromatic heterocycles. The Labute approximate surface area is 124 Å². The summed E-state index contributed by atoms with van der Waals surface area (Å²) in [5, 5.41) is 19.6. The Bertz CT molecular complexity index is 544. The Morgan fingerprint density at radius 3 is 2.52 bits per heavy atom. The van der Waals surface area contributed by atoms with Crippen LogP contribution in [-0.4, -0.2) is 49.8 Å². The topological polar surface area (TPSA) is 93.1 Å². The minimum atomic E-state index is -3.64. The average Bonchev–Trinajstić information content (AvgIpc) is 2.65. The first-order valence-electron chi connectivity index (χ1n) is 6.73. The summed E-state index contributed by atoms with van der Waals surface area (Å²) in [6, 6.07) is 9.50. The van der Waals surface area contributed by atoms with Gasteiger partial charge in [-0.3, -0.25) is 4.18 Å². The van der Waals surface area contributed by atoms with E-state index >= 15 is 0 Å². The summed E-state index contributed by atoms with van der Waals surface area (Å²) in [5.74, 6) is -0.571. The van der Waals surface area contributed by atoms with E-state index in [2.05, 4.69) is 0 Å². The van der Waals surface area contributed by atoms with Crippen LogP contribution in [0.1, 0.15) is 12.0 Å². The number of aliphatic hydroxyl groups excluding tert-OH is 2. The fourth-order valence-electron chi connectivity index (χ4n) is 2.49. The SMILES string of the molecule is CS(=O)(=O)O[C@H]1C[C@@H](O)[C@@H](O)[C@@H]1COCc1ccccc1. The molecular formula is C14H20O6S. The molecule has 7 heteroatoms. The van der Waals surface area contributed by atoms with Crippen molar-refractivity contribution in [1.29, 1.82) is 0 Å². The third-order valence-corrected chi connectivity index (χ3v) is 4.10. The fourth-order valence-corrected chi connectivity index (χ4v) is 3.16. The van der Waals surface area contributed by atoms with Gasteiger partial charge in [0.15, 0.2) is 0 Å². The van der Waals surface area contributed by atoms with Crippen LogP contribution in [0.3, 0.4) is 0 Å². The van der Waals surface area contributed by atoms with Crippen LogP contribution in [0.5, 0.6) is 0 Å². The van der Waals surface area contributed by atoms with Gasteiger partial charge in [0.2, 0.25) is 0 Å². The molecule has 1 aliphatic carbocycles. The smallest absolute Gasteiger partial charge is 0.264 e. The molecule has 0 spiro atoms. The standard InChI is InChI=1S/C14H20O6S/c1-21(17,18)20-13-7-12(15)14(16)11(13)9-19-8-10-5-3-2-4-6-10/h2-6,11-16H,7-9H2,1H3/t11-,12-,13+,14+/m1/s1. The summed E-state index contributed by atoms with van der Waals surface area (Å²) >= 11 is 0. The van der Waals surface area contributed by atoms with Gasteiger partial charge in [-0.2, -0.15) is 8.42 Å². The molecule has 118 valence electrons. The van der Waals surface area contributed by atoms with Crippen molar-refractivity contribution in [2.75, 3.05) is 12.9 Å². The van der Waals surface area contributed by atoms with Crippen molar-refractivity contribution in [3.8, 4) is 0 Å². The van der Waals surface area contributed by atoms with Crippen molar-refractivity contribution in [2.45, 2.75) is 31.3 Å². The zero-order chi connectivity index (χ0) is 15.5. The van der Waals surface area contributed by atoms with Crippen LogP contribution in [0.4, 0.5) is 0 Å². The highest BCUT2D eigenvalue weighted by atomic mass is 32.2. The van der Waals surface area contributed by atoms with E-state index in [1.165, 1.54) is 0 Å². The van der Waals surface area contributed by atoms with Crippen LogP contribution in [0, 0.1) is 5.92 Å². The van der Waals surface area contributed by atoms with Gasteiger partial charge in [0.1, 0.15) is 0 Å². The highest BCUT2D eigenvalue weighted by molar-refractivity contribution is 7.86. The van der Waals surface area contributed by atoms with Gasteiger partial charge in [-0.1, -0.05) is 30.3 Å². The van der Waals surface area contributed by atoms with Crippen LogP contribution < -0.4 is 0 Å². The van der Waals surface area contributed by atoms with Gasteiger partial charge in [-0.05, 0) is 5.56 Å². The molecule has 6 nitrogen and oxygen atoms in total. The summed E-state index contributed by atoms with van der Waals surface area (Å²) in [5.41, 5.74) is 0.978. The van der Waals surface area contributed by atoms with Gasteiger partial charge in [0, 0.05) is 12.3 Å². The quantitative estimate of drug-likeness (QED) is 0.733. The number of aliphatic hydroxyl groups is 2. The normalized spacial score (nSPS) is 29.7. The first-order valence-corrected chi connectivity index (χ1v) is 8.54. The summed E-state index contributed by atoms with van der Waals surface area (Å²) in [4.78, 5) is 0. The van der Waals surface area contributed by atoms with E-state index in [1.807, 2.05) is 30.3 Å². The molecule has 0 bridgehead atoms. The highest BCUT2D eigenvalue weighted by Gasteiger charge is 2.44. The molecule has 1 aliphatic rings. The number of rotatable bonds is 6. The summed E-state index contributed by atoms with van der Waals surface area (Å²) < 4.78 is 32.9. The van der Waals surface area contributed by atoms with Crippen molar-refractivity contribution < 1.29 is 27.6 Å². The second-order valence-corrected chi connectivity index (χ2v) is 6.90. The Hall–Kier alpha value is -0.990. The van der Waals surface area contributed by atoms with Gasteiger partial charge in [0.25, 0.3) is 10.1 Å². The summed E-state index contributed by atoms with van der Waals surface area (Å²) in [6.07, 6.45) is -1.78. The predicted octanol–water partition coefficient (Wildman–Crippen LogP) is 0.290. The van der Waals surface area contributed by atoms with E-state index in [4.69, 9.17) is 8.92 Å². The summed E-state index contributed by atoms with van der Waals surface area (Å²) in [6.45, 7) is 0.471. The molecule has 0 unspecified atom stereocenters. The van der Waals surface area contributed by atoms with Crippen LogP contribution in [-0.2, 0) is 25.6 Å². The maximum absolute atomic E-state index is 11.2. The molecule has 0 saturated heterocycles. The number of hydrogen-bond acceptors (Lipinski definition) is 6. The lowest BCUT2D eigenvalue weighted by molar-refractivity contribution is -0.0243. The molecule has 2 rings (SSSR count). The number of ether oxygens (including phenoxy) is 1. The lowest BCUT2D eigenvalue weighted by atomic mass is 10.1. The molecule has 4 atom stereocenters. The van der Waals surface area contributed by atoms with E-state index < -0.39 is 34.3 Å². The fraction of sp³-hybridized carbons (Fsp3) is 0.571. The molecule has 0 amide bonds. The van der Waals surface area contributed by atoms with Gasteiger partial charge in [-0.25, -0.2) is 0 Å². The predicted molar refractivity (Wildman–Crippen MR) is 75.9 cm³/mol. The van der Waals surface area contributed by atoms with Crippen molar-refractivity contribution in [3.05, 3.63) is 35.9 Å². The average molecular weight is 316 g/mol.